The van der Waals surface area contributed by atoms with Crippen molar-refractivity contribution in [2.24, 2.45) is 0 Å². The van der Waals surface area contributed by atoms with Crippen molar-refractivity contribution >= 4 is 6.03 Å². The molecule has 1 rings (SSSR count). The lowest BCUT2D eigenvalue weighted by Gasteiger charge is -2.19. The molecule has 1 aromatic rings. The van der Waals surface area contributed by atoms with Gasteiger partial charge in [-0.2, -0.15) is 4.68 Å². The molecule has 0 aliphatic rings. The van der Waals surface area contributed by atoms with Gasteiger partial charge in [-0.1, -0.05) is 0 Å². The summed E-state index contributed by atoms with van der Waals surface area (Å²) in [6.07, 6.45) is 0. The molecule has 0 aliphatic heterocycles. The Morgan fingerprint density at radius 3 is 2.17 bits per heavy atom. The van der Waals surface area contributed by atoms with Crippen LogP contribution in [0.2, 0.25) is 0 Å². The molecular formula is C10H19N5O3. The summed E-state index contributed by atoms with van der Waals surface area (Å²) in [6.45, 7) is 8.15. The Hall–Kier alpha value is -1.83. The molecule has 0 aliphatic carbocycles. The van der Waals surface area contributed by atoms with Gasteiger partial charge >= 0.3 is 11.7 Å². The molecule has 0 radical (unpaired) electrons. The Bertz CT molecular complexity index is 515. The average Bonchev–Trinajstić information content (AvgIpc) is 2.40. The molecule has 0 atom stereocenters. The quantitative estimate of drug-likeness (QED) is 0.578. The van der Waals surface area contributed by atoms with Crippen LogP contribution in [0.1, 0.15) is 40.4 Å². The van der Waals surface area contributed by atoms with Gasteiger partial charge in [0.2, 0.25) is 0 Å². The Labute approximate surface area is 104 Å². The molecule has 0 unspecified atom stereocenters. The number of nitrogens with zero attached hydrogens (tertiary/aromatic N) is 3. The van der Waals surface area contributed by atoms with Gasteiger partial charge in [-0.05, 0) is 34.6 Å². The van der Waals surface area contributed by atoms with E-state index in [1.165, 1.54) is 13.8 Å². The van der Waals surface area contributed by atoms with Crippen LogP contribution < -0.4 is 16.8 Å². The molecule has 0 saturated carbocycles. The van der Waals surface area contributed by atoms with Crippen molar-refractivity contribution in [2.45, 2.75) is 45.8 Å². The van der Waals surface area contributed by atoms with Gasteiger partial charge in [0.15, 0.2) is 5.82 Å². The predicted octanol–water partition coefficient (Wildman–Crippen LogP) is -0.658. The summed E-state index contributed by atoms with van der Waals surface area (Å²) in [5, 5.41) is 16.1. The zero-order valence-corrected chi connectivity index (χ0v) is 11.2. The lowest BCUT2D eigenvalue weighted by Crippen LogP contribution is -2.47. The van der Waals surface area contributed by atoms with E-state index in [2.05, 4.69) is 10.4 Å². The Morgan fingerprint density at radius 1 is 1.33 bits per heavy atom. The molecule has 102 valence electrons. The molecule has 0 aromatic carbocycles. The lowest BCUT2D eigenvalue weighted by atomic mass is 10.1. The fraction of sp³-hybridized carbons (Fsp3) is 0.700. The highest BCUT2D eigenvalue weighted by molar-refractivity contribution is 5.76. The van der Waals surface area contributed by atoms with Crippen LogP contribution in [-0.2, 0) is 5.60 Å². The second-order valence-electron chi connectivity index (χ2n) is 5.63. The first-order valence-corrected chi connectivity index (χ1v) is 5.46. The van der Waals surface area contributed by atoms with Crippen LogP contribution in [-0.4, -0.2) is 31.1 Å². The molecule has 8 heteroatoms. The van der Waals surface area contributed by atoms with Crippen LogP contribution >= 0.6 is 0 Å². The van der Waals surface area contributed by atoms with Crippen LogP contribution in [0.15, 0.2) is 4.79 Å². The lowest BCUT2D eigenvalue weighted by molar-refractivity contribution is 0.0657. The molecule has 1 heterocycles. The normalized spacial score (nSPS) is 12.6. The fourth-order valence-electron chi connectivity index (χ4n) is 1.30. The highest BCUT2D eigenvalue weighted by Crippen LogP contribution is 2.13. The number of hydrogen-bond donors (Lipinski definition) is 3. The first kappa shape index (κ1) is 14.2. The van der Waals surface area contributed by atoms with Gasteiger partial charge in [-0.3, -0.25) is 0 Å². The molecule has 18 heavy (non-hydrogen) atoms. The number of carbonyl (C=O) groups is 1. The van der Waals surface area contributed by atoms with E-state index in [0.717, 1.165) is 0 Å². The summed E-state index contributed by atoms with van der Waals surface area (Å²) in [5.74, 6) is 5.39. The number of nitrogens with one attached hydrogen (secondary N) is 1. The number of aromatic nitrogens is 3. The van der Waals surface area contributed by atoms with Crippen molar-refractivity contribution < 1.29 is 9.90 Å². The van der Waals surface area contributed by atoms with E-state index in [0.29, 0.717) is 9.36 Å². The molecule has 0 fully saturated rings. The third kappa shape index (κ3) is 2.89. The third-order valence-corrected chi connectivity index (χ3v) is 2.03. The SMILES string of the molecule is CC(C)(C)NC(=O)n1nc(C(C)(C)O)n(N)c1=O. The van der Waals surface area contributed by atoms with Crippen molar-refractivity contribution in [1.82, 2.24) is 19.8 Å². The van der Waals surface area contributed by atoms with E-state index in [1.54, 1.807) is 20.8 Å². The number of hydrogen-bond acceptors (Lipinski definition) is 5. The number of carbonyl (C=O) groups excluding carboxylic acids is 1. The van der Waals surface area contributed by atoms with E-state index < -0.39 is 22.9 Å². The number of rotatable bonds is 1. The van der Waals surface area contributed by atoms with E-state index in [4.69, 9.17) is 5.84 Å². The topological polar surface area (TPSA) is 115 Å². The number of amides is 1. The third-order valence-electron chi connectivity index (χ3n) is 2.03. The largest absolute Gasteiger partial charge is 0.382 e. The van der Waals surface area contributed by atoms with Gasteiger partial charge < -0.3 is 16.3 Å². The van der Waals surface area contributed by atoms with E-state index >= 15 is 0 Å². The van der Waals surface area contributed by atoms with Gasteiger partial charge in [0.25, 0.3) is 0 Å². The van der Waals surface area contributed by atoms with Crippen molar-refractivity contribution in [1.29, 1.82) is 0 Å². The zero-order valence-electron chi connectivity index (χ0n) is 11.2. The van der Waals surface area contributed by atoms with Crippen molar-refractivity contribution in [3.8, 4) is 0 Å². The summed E-state index contributed by atoms with van der Waals surface area (Å²) in [6, 6.07) is -0.692. The summed E-state index contributed by atoms with van der Waals surface area (Å²) >= 11 is 0. The maximum Gasteiger partial charge on any atom is 0.373 e. The van der Waals surface area contributed by atoms with Gasteiger partial charge in [0, 0.05) is 5.54 Å². The molecular weight excluding hydrogens is 238 g/mol. The molecule has 1 amide bonds. The van der Waals surface area contributed by atoms with Gasteiger partial charge in [0.1, 0.15) is 5.60 Å². The molecule has 0 spiro atoms. The Kier molecular flexibility index (Phi) is 3.26. The maximum atomic E-state index is 11.8. The standard InChI is InChI=1S/C10H19N5O3/c1-9(2,3)12-7(16)15-8(17)14(11)6(13-15)10(4,5)18/h18H,11H2,1-5H3,(H,12,16). The van der Waals surface area contributed by atoms with Gasteiger partial charge in [-0.15, -0.1) is 9.78 Å². The Balaban J connectivity index is 3.21. The van der Waals surface area contributed by atoms with E-state index in [-0.39, 0.29) is 5.82 Å². The van der Waals surface area contributed by atoms with Crippen LogP contribution in [0.25, 0.3) is 0 Å². The van der Waals surface area contributed by atoms with Crippen molar-refractivity contribution in [3.63, 3.8) is 0 Å². The van der Waals surface area contributed by atoms with Crippen LogP contribution in [0.4, 0.5) is 4.79 Å². The number of nitrogen functional groups attached to an aromatic ring is 1. The highest BCUT2D eigenvalue weighted by atomic mass is 16.3. The van der Waals surface area contributed by atoms with Crippen LogP contribution in [0, 0.1) is 0 Å². The number of aliphatic hydroxyl groups is 1. The summed E-state index contributed by atoms with van der Waals surface area (Å²) in [7, 11) is 0. The minimum atomic E-state index is -1.42. The van der Waals surface area contributed by atoms with E-state index in [1.807, 2.05) is 0 Å². The Morgan fingerprint density at radius 2 is 1.83 bits per heavy atom. The summed E-state index contributed by atoms with van der Waals surface area (Å²) < 4.78 is 1.25. The molecule has 1 aromatic heterocycles. The van der Waals surface area contributed by atoms with Crippen LogP contribution in [0.3, 0.4) is 0 Å². The predicted molar refractivity (Wildman–Crippen MR) is 65.6 cm³/mol. The summed E-state index contributed by atoms with van der Waals surface area (Å²) in [5.41, 5.74) is -2.74. The van der Waals surface area contributed by atoms with Crippen molar-refractivity contribution in [2.75, 3.05) is 5.84 Å². The second-order valence-corrected chi connectivity index (χ2v) is 5.63. The number of nitrogens with two attached hydrogens (primary N) is 1. The minimum Gasteiger partial charge on any atom is -0.382 e. The van der Waals surface area contributed by atoms with Crippen LogP contribution in [0.5, 0.6) is 0 Å². The van der Waals surface area contributed by atoms with Crippen molar-refractivity contribution in [3.05, 3.63) is 16.3 Å². The minimum absolute atomic E-state index is 0.0865. The molecule has 0 saturated heterocycles. The maximum absolute atomic E-state index is 11.8. The summed E-state index contributed by atoms with van der Waals surface area (Å²) in [4.78, 5) is 23.5. The zero-order chi connectivity index (χ0) is 14.3. The first-order valence-electron chi connectivity index (χ1n) is 5.46. The smallest absolute Gasteiger partial charge is 0.373 e. The molecule has 4 N–H and O–H groups in total. The second kappa shape index (κ2) is 4.13. The monoisotopic (exact) mass is 257 g/mol. The fourth-order valence-corrected chi connectivity index (χ4v) is 1.30. The molecule has 8 nitrogen and oxygen atoms in total. The van der Waals surface area contributed by atoms with E-state index in [9.17, 15) is 14.7 Å². The molecule has 0 bridgehead atoms. The highest BCUT2D eigenvalue weighted by Gasteiger charge is 2.28. The first-order chi connectivity index (χ1) is 7.93. The van der Waals surface area contributed by atoms with Gasteiger partial charge in [0.05, 0.1) is 0 Å². The van der Waals surface area contributed by atoms with Gasteiger partial charge in [-0.25, -0.2) is 9.59 Å². The average molecular weight is 257 g/mol.